The standard InChI is InChI=1S/C20H25FN4O2S/c1-3-12(2)16(22-17(26)13-6-4-5-7-13)18(27)23-20-25-24-19(28-20)14-8-10-15(21)11-9-14/h8-13,16H,3-7H2,1-2H3,(H,22,26)(H,23,25,27)/t12-,16+/m1/s1. The molecule has 1 aromatic heterocycles. The average Bonchev–Trinajstić information content (AvgIpc) is 3.38. The Balaban J connectivity index is 1.67. The average molecular weight is 405 g/mol. The van der Waals surface area contributed by atoms with Crippen LogP contribution in [0.2, 0.25) is 0 Å². The van der Waals surface area contributed by atoms with E-state index in [4.69, 9.17) is 0 Å². The van der Waals surface area contributed by atoms with Crippen molar-refractivity contribution in [1.82, 2.24) is 15.5 Å². The molecule has 8 heteroatoms. The predicted molar refractivity (Wildman–Crippen MR) is 107 cm³/mol. The monoisotopic (exact) mass is 404 g/mol. The van der Waals surface area contributed by atoms with Crippen molar-refractivity contribution in [2.24, 2.45) is 11.8 Å². The van der Waals surface area contributed by atoms with Crippen LogP contribution in [0, 0.1) is 17.7 Å². The van der Waals surface area contributed by atoms with Gasteiger partial charge >= 0.3 is 0 Å². The number of nitrogens with zero attached hydrogens (tertiary/aromatic N) is 2. The summed E-state index contributed by atoms with van der Waals surface area (Å²) < 4.78 is 13.1. The first-order chi connectivity index (χ1) is 13.5. The molecule has 1 aromatic carbocycles. The number of carbonyl (C=O) groups excluding carboxylic acids is 2. The van der Waals surface area contributed by atoms with Gasteiger partial charge in [0.15, 0.2) is 0 Å². The molecule has 2 aromatic rings. The lowest BCUT2D eigenvalue weighted by molar-refractivity contribution is -0.130. The van der Waals surface area contributed by atoms with E-state index in [1.54, 1.807) is 12.1 Å². The molecule has 1 aliphatic rings. The number of nitrogens with one attached hydrogen (secondary N) is 2. The molecule has 2 atom stereocenters. The van der Waals surface area contributed by atoms with E-state index in [1.165, 1.54) is 23.5 Å². The Morgan fingerprint density at radius 2 is 1.89 bits per heavy atom. The fourth-order valence-corrected chi connectivity index (χ4v) is 4.08. The first kappa shape index (κ1) is 20.4. The Hall–Kier alpha value is -2.35. The summed E-state index contributed by atoms with van der Waals surface area (Å²) in [6.45, 7) is 3.94. The maximum Gasteiger partial charge on any atom is 0.249 e. The number of hydrogen-bond donors (Lipinski definition) is 2. The number of aromatic nitrogens is 2. The van der Waals surface area contributed by atoms with E-state index in [1.807, 2.05) is 13.8 Å². The molecule has 28 heavy (non-hydrogen) atoms. The molecule has 1 saturated carbocycles. The summed E-state index contributed by atoms with van der Waals surface area (Å²) in [6, 6.07) is 5.33. The van der Waals surface area contributed by atoms with Crippen molar-refractivity contribution in [2.75, 3.05) is 5.32 Å². The SMILES string of the molecule is CC[C@@H](C)[C@H](NC(=O)C1CCCC1)C(=O)Nc1nnc(-c2ccc(F)cc2)s1. The lowest BCUT2D eigenvalue weighted by atomic mass is 9.97. The quantitative estimate of drug-likeness (QED) is 0.730. The summed E-state index contributed by atoms with van der Waals surface area (Å²) in [7, 11) is 0. The van der Waals surface area contributed by atoms with Crippen LogP contribution in [0.4, 0.5) is 9.52 Å². The van der Waals surface area contributed by atoms with E-state index in [0.717, 1.165) is 37.7 Å². The molecule has 0 aliphatic heterocycles. The van der Waals surface area contributed by atoms with Gasteiger partial charge in [0.25, 0.3) is 0 Å². The Labute approximate surface area is 167 Å². The molecular formula is C20H25FN4O2S. The van der Waals surface area contributed by atoms with Crippen LogP contribution in [0.1, 0.15) is 46.0 Å². The van der Waals surface area contributed by atoms with Gasteiger partial charge in [0.1, 0.15) is 16.9 Å². The Morgan fingerprint density at radius 3 is 2.54 bits per heavy atom. The predicted octanol–water partition coefficient (Wildman–Crippen LogP) is 4.00. The van der Waals surface area contributed by atoms with Crippen molar-refractivity contribution in [3.05, 3.63) is 30.1 Å². The van der Waals surface area contributed by atoms with Crippen LogP contribution in [0.5, 0.6) is 0 Å². The summed E-state index contributed by atoms with van der Waals surface area (Å²) >= 11 is 1.21. The van der Waals surface area contributed by atoms with Crippen molar-refractivity contribution < 1.29 is 14.0 Å². The topological polar surface area (TPSA) is 84.0 Å². The van der Waals surface area contributed by atoms with Gasteiger partial charge in [-0.1, -0.05) is 44.4 Å². The van der Waals surface area contributed by atoms with Gasteiger partial charge in [-0.3, -0.25) is 14.9 Å². The Kier molecular flexibility index (Phi) is 6.72. The third kappa shape index (κ3) is 4.92. The second-order valence-corrected chi connectivity index (χ2v) is 8.24. The normalized spacial score (nSPS) is 16.5. The molecule has 6 nitrogen and oxygen atoms in total. The van der Waals surface area contributed by atoms with E-state index >= 15 is 0 Å². The number of halogens is 1. The molecule has 0 radical (unpaired) electrons. The fraction of sp³-hybridized carbons (Fsp3) is 0.500. The van der Waals surface area contributed by atoms with Gasteiger partial charge in [0.05, 0.1) is 0 Å². The minimum absolute atomic E-state index is 0.00477. The summed E-state index contributed by atoms with van der Waals surface area (Å²) in [6.07, 6.45) is 4.67. The van der Waals surface area contributed by atoms with Crippen molar-refractivity contribution >= 4 is 28.3 Å². The van der Waals surface area contributed by atoms with Crippen molar-refractivity contribution in [3.8, 4) is 10.6 Å². The van der Waals surface area contributed by atoms with Gasteiger partial charge in [-0.05, 0) is 43.0 Å². The highest BCUT2D eigenvalue weighted by molar-refractivity contribution is 7.18. The third-order valence-corrected chi connectivity index (χ3v) is 6.15. The first-order valence-corrected chi connectivity index (χ1v) is 10.5. The molecule has 150 valence electrons. The van der Waals surface area contributed by atoms with Crippen LogP contribution in [0.3, 0.4) is 0 Å². The summed E-state index contributed by atoms with van der Waals surface area (Å²) in [5, 5.41) is 14.7. The van der Waals surface area contributed by atoms with E-state index in [9.17, 15) is 14.0 Å². The lowest BCUT2D eigenvalue weighted by Gasteiger charge is -2.24. The fourth-order valence-electron chi connectivity index (χ4n) is 3.33. The zero-order valence-electron chi connectivity index (χ0n) is 16.1. The second-order valence-electron chi connectivity index (χ2n) is 7.26. The van der Waals surface area contributed by atoms with Crippen LogP contribution in [0.25, 0.3) is 10.6 Å². The molecule has 0 saturated heterocycles. The van der Waals surface area contributed by atoms with E-state index in [0.29, 0.717) is 10.1 Å². The van der Waals surface area contributed by atoms with Crippen LogP contribution in [-0.2, 0) is 9.59 Å². The number of carbonyl (C=O) groups is 2. The molecule has 0 spiro atoms. The van der Waals surface area contributed by atoms with Gasteiger partial charge in [-0.15, -0.1) is 10.2 Å². The summed E-state index contributed by atoms with van der Waals surface area (Å²) in [4.78, 5) is 25.3. The third-order valence-electron chi connectivity index (χ3n) is 5.27. The van der Waals surface area contributed by atoms with E-state index < -0.39 is 6.04 Å². The van der Waals surface area contributed by atoms with Gasteiger partial charge in [0, 0.05) is 11.5 Å². The lowest BCUT2D eigenvalue weighted by Crippen LogP contribution is -2.49. The van der Waals surface area contributed by atoms with Crippen molar-refractivity contribution in [2.45, 2.75) is 52.0 Å². The molecule has 2 N–H and O–H groups in total. The minimum atomic E-state index is -0.615. The Bertz CT molecular complexity index is 818. The largest absolute Gasteiger partial charge is 0.344 e. The van der Waals surface area contributed by atoms with E-state index in [-0.39, 0.29) is 29.5 Å². The zero-order valence-corrected chi connectivity index (χ0v) is 16.9. The first-order valence-electron chi connectivity index (χ1n) is 9.68. The minimum Gasteiger partial charge on any atom is -0.344 e. The van der Waals surface area contributed by atoms with E-state index in [2.05, 4.69) is 20.8 Å². The van der Waals surface area contributed by atoms with Crippen LogP contribution in [-0.4, -0.2) is 28.1 Å². The van der Waals surface area contributed by atoms with Gasteiger partial charge in [0.2, 0.25) is 16.9 Å². The molecule has 2 amide bonds. The van der Waals surface area contributed by atoms with Crippen LogP contribution < -0.4 is 10.6 Å². The highest BCUT2D eigenvalue weighted by Gasteiger charge is 2.30. The maximum absolute atomic E-state index is 13.1. The molecular weight excluding hydrogens is 379 g/mol. The Morgan fingerprint density at radius 1 is 1.21 bits per heavy atom. The molecule has 0 bridgehead atoms. The number of anilines is 1. The summed E-state index contributed by atoms with van der Waals surface area (Å²) in [5.41, 5.74) is 0.729. The molecule has 1 heterocycles. The van der Waals surface area contributed by atoms with Gasteiger partial charge in [-0.25, -0.2) is 4.39 Å². The molecule has 0 unspecified atom stereocenters. The van der Waals surface area contributed by atoms with Gasteiger partial charge in [-0.2, -0.15) is 0 Å². The van der Waals surface area contributed by atoms with Crippen LogP contribution >= 0.6 is 11.3 Å². The number of benzene rings is 1. The summed E-state index contributed by atoms with van der Waals surface area (Å²) in [5.74, 6) is -0.651. The number of hydrogen-bond acceptors (Lipinski definition) is 5. The molecule has 1 aliphatic carbocycles. The highest BCUT2D eigenvalue weighted by Crippen LogP contribution is 2.27. The molecule has 1 fully saturated rings. The smallest absolute Gasteiger partial charge is 0.249 e. The number of rotatable bonds is 7. The van der Waals surface area contributed by atoms with Crippen molar-refractivity contribution in [1.29, 1.82) is 0 Å². The van der Waals surface area contributed by atoms with Gasteiger partial charge < -0.3 is 5.32 Å². The zero-order chi connectivity index (χ0) is 20.1. The maximum atomic E-state index is 13.1. The molecule has 3 rings (SSSR count). The highest BCUT2D eigenvalue weighted by atomic mass is 32.1. The van der Waals surface area contributed by atoms with Crippen LogP contribution in [0.15, 0.2) is 24.3 Å². The van der Waals surface area contributed by atoms with Crippen molar-refractivity contribution in [3.63, 3.8) is 0 Å². The second kappa shape index (κ2) is 9.23. The number of amides is 2.